The van der Waals surface area contributed by atoms with Gasteiger partial charge in [-0.15, -0.1) is 0 Å². The van der Waals surface area contributed by atoms with Crippen molar-refractivity contribution in [3.05, 3.63) is 29.8 Å². The molecule has 2 fully saturated rings. The van der Waals surface area contributed by atoms with Gasteiger partial charge < -0.3 is 15.4 Å². The van der Waals surface area contributed by atoms with Gasteiger partial charge in [-0.1, -0.05) is 31.0 Å². The van der Waals surface area contributed by atoms with Gasteiger partial charge in [-0.25, -0.2) is 4.79 Å². The summed E-state index contributed by atoms with van der Waals surface area (Å²) < 4.78 is 5.59. The third-order valence-corrected chi connectivity index (χ3v) is 5.30. The lowest BCUT2D eigenvalue weighted by atomic mass is 9.98. The Balaban J connectivity index is 1.43. The second kappa shape index (κ2) is 6.06. The Hall–Kier alpha value is -2.57. The normalized spacial score (nSPS) is 24.0. The molecule has 1 atom stereocenters. The Morgan fingerprint density at radius 3 is 2.84 bits per heavy atom. The quantitative estimate of drug-likeness (QED) is 0.814. The fourth-order valence-corrected chi connectivity index (χ4v) is 4.01. The van der Waals surface area contributed by atoms with Crippen LogP contribution in [0.3, 0.4) is 0 Å². The molecule has 2 heterocycles. The van der Waals surface area contributed by atoms with E-state index in [1.165, 1.54) is 0 Å². The number of hydrogen-bond acceptors (Lipinski definition) is 4. The molecule has 4 amide bonds. The van der Waals surface area contributed by atoms with E-state index in [2.05, 4.69) is 10.6 Å². The van der Waals surface area contributed by atoms with Gasteiger partial charge in [-0.3, -0.25) is 14.5 Å². The predicted octanol–water partition coefficient (Wildman–Crippen LogP) is 1.49. The van der Waals surface area contributed by atoms with Gasteiger partial charge in [0.1, 0.15) is 17.8 Å². The number of benzene rings is 1. The molecule has 1 aliphatic carbocycles. The van der Waals surface area contributed by atoms with Crippen molar-refractivity contribution in [2.75, 3.05) is 13.2 Å². The maximum absolute atomic E-state index is 12.6. The molecule has 25 heavy (non-hydrogen) atoms. The number of nitrogens with zero attached hydrogens (tertiary/aromatic N) is 1. The number of hydrogen-bond donors (Lipinski definition) is 2. The molecule has 7 heteroatoms. The molecule has 2 N–H and O–H groups in total. The molecule has 4 rings (SSSR count). The molecular formula is C18H21N3O4. The number of carbonyl (C=O) groups excluding carboxylic acids is 3. The number of carbonyl (C=O) groups is 3. The molecule has 1 aromatic rings. The van der Waals surface area contributed by atoms with E-state index in [0.29, 0.717) is 25.9 Å². The lowest BCUT2D eigenvalue weighted by Gasteiger charge is -2.27. The first-order chi connectivity index (χ1) is 12.1. The van der Waals surface area contributed by atoms with Crippen molar-refractivity contribution in [2.24, 2.45) is 0 Å². The second-order valence-corrected chi connectivity index (χ2v) is 6.91. The fourth-order valence-electron chi connectivity index (χ4n) is 4.01. The van der Waals surface area contributed by atoms with E-state index in [1.807, 2.05) is 24.3 Å². The zero-order chi connectivity index (χ0) is 17.4. The maximum Gasteiger partial charge on any atom is 0.325 e. The minimum atomic E-state index is -0.775. The van der Waals surface area contributed by atoms with Crippen molar-refractivity contribution < 1.29 is 19.1 Å². The smallest absolute Gasteiger partial charge is 0.325 e. The van der Waals surface area contributed by atoms with Crippen molar-refractivity contribution in [3.8, 4) is 5.75 Å². The van der Waals surface area contributed by atoms with Crippen molar-refractivity contribution in [1.82, 2.24) is 15.5 Å². The van der Waals surface area contributed by atoms with Crippen LogP contribution in [0.5, 0.6) is 5.75 Å². The molecule has 2 aliphatic heterocycles. The topological polar surface area (TPSA) is 87.7 Å². The molecule has 0 bridgehead atoms. The Bertz CT molecular complexity index is 727. The summed E-state index contributed by atoms with van der Waals surface area (Å²) in [7, 11) is 0. The first-order valence-corrected chi connectivity index (χ1v) is 8.74. The van der Waals surface area contributed by atoms with Gasteiger partial charge in [0.2, 0.25) is 5.91 Å². The van der Waals surface area contributed by atoms with Crippen LogP contribution in [0.4, 0.5) is 4.79 Å². The van der Waals surface area contributed by atoms with Crippen LogP contribution in [0.15, 0.2) is 24.3 Å². The summed E-state index contributed by atoms with van der Waals surface area (Å²) in [6.45, 7) is 0.278. The number of fused-ring (bicyclic) bond motifs is 1. The summed E-state index contributed by atoms with van der Waals surface area (Å²) in [5.41, 5.74) is 0.148. The van der Waals surface area contributed by atoms with Crippen molar-refractivity contribution in [1.29, 1.82) is 0 Å². The largest absolute Gasteiger partial charge is 0.493 e. The van der Waals surface area contributed by atoms with Gasteiger partial charge in [0.25, 0.3) is 5.91 Å². The Morgan fingerprint density at radius 2 is 2.04 bits per heavy atom. The number of amides is 4. The zero-order valence-corrected chi connectivity index (χ0v) is 13.9. The van der Waals surface area contributed by atoms with Crippen LogP contribution in [-0.2, 0) is 9.59 Å². The standard InChI is InChI=1S/C18H21N3O4/c22-15(19-13-7-10-25-14-6-2-1-5-12(13)14)11-21-16(23)18(20-17(21)24)8-3-4-9-18/h1-2,5-6,13H,3-4,7-11H2,(H,19,22)(H,20,24)/t13-/m0/s1. The van der Waals surface area contributed by atoms with Gasteiger partial charge in [-0.2, -0.15) is 0 Å². The Morgan fingerprint density at radius 1 is 1.28 bits per heavy atom. The van der Waals surface area contributed by atoms with Gasteiger partial charge in [-0.05, 0) is 18.9 Å². The number of ether oxygens (including phenoxy) is 1. The van der Waals surface area contributed by atoms with E-state index in [1.54, 1.807) is 0 Å². The lowest BCUT2D eigenvalue weighted by molar-refractivity contribution is -0.135. The SMILES string of the molecule is O=C(CN1C(=O)NC2(CCCC2)C1=O)N[C@H]1CCOc2ccccc21. The highest BCUT2D eigenvalue weighted by atomic mass is 16.5. The summed E-state index contributed by atoms with van der Waals surface area (Å²) in [4.78, 5) is 38.3. The van der Waals surface area contributed by atoms with E-state index in [4.69, 9.17) is 4.74 Å². The molecule has 1 spiro atoms. The summed E-state index contributed by atoms with van der Waals surface area (Å²) in [5.74, 6) is 0.164. The number of para-hydroxylation sites is 1. The highest BCUT2D eigenvalue weighted by molar-refractivity contribution is 6.09. The van der Waals surface area contributed by atoms with Gasteiger partial charge in [0.05, 0.1) is 12.6 Å². The molecule has 132 valence electrons. The van der Waals surface area contributed by atoms with Gasteiger partial charge >= 0.3 is 6.03 Å². The van der Waals surface area contributed by atoms with Crippen molar-refractivity contribution >= 4 is 17.8 Å². The fraction of sp³-hybridized carbons (Fsp3) is 0.500. The molecule has 1 saturated heterocycles. The second-order valence-electron chi connectivity index (χ2n) is 6.91. The maximum atomic E-state index is 12.6. The minimum Gasteiger partial charge on any atom is -0.493 e. The monoisotopic (exact) mass is 343 g/mol. The number of urea groups is 1. The third kappa shape index (κ3) is 2.73. The zero-order valence-electron chi connectivity index (χ0n) is 13.9. The molecule has 1 aromatic carbocycles. The van der Waals surface area contributed by atoms with Crippen LogP contribution in [0.25, 0.3) is 0 Å². The Kier molecular flexibility index (Phi) is 3.86. The molecular weight excluding hydrogens is 322 g/mol. The van der Waals surface area contributed by atoms with E-state index < -0.39 is 11.6 Å². The summed E-state index contributed by atoms with van der Waals surface area (Å²) >= 11 is 0. The summed E-state index contributed by atoms with van der Waals surface area (Å²) in [6.07, 6.45) is 3.81. The molecule has 3 aliphatic rings. The summed E-state index contributed by atoms with van der Waals surface area (Å²) in [5, 5.41) is 5.72. The van der Waals surface area contributed by atoms with E-state index >= 15 is 0 Å². The first-order valence-electron chi connectivity index (χ1n) is 8.74. The van der Waals surface area contributed by atoms with Gasteiger partial charge in [0.15, 0.2) is 0 Å². The number of imide groups is 1. The highest BCUT2D eigenvalue weighted by Gasteiger charge is 2.52. The van der Waals surface area contributed by atoms with Crippen LogP contribution < -0.4 is 15.4 Å². The molecule has 0 aromatic heterocycles. The van der Waals surface area contributed by atoms with Crippen LogP contribution >= 0.6 is 0 Å². The van der Waals surface area contributed by atoms with Gasteiger partial charge in [0, 0.05) is 12.0 Å². The molecule has 7 nitrogen and oxygen atoms in total. The van der Waals surface area contributed by atoms with E-state index in [-0.39, 0.29) is 24.4 Å². The number of nitrogens with one attached hydrogen (secondary N) is 2. The minimum absolute atomic E-state index is 0.168. The van der Waals surface area contributed by atoms with E-state index in [0.717, 1.165) is 29.1 Å². The van der Waals surface area contributed by atoms with Crippen LogP contribution in [0.2, 0.25) is 0 Å². The number of rotatable bonds is 3. The summed E-state index contributed by atoms with van der Waals surface area (Å²) in [6, 6.07) is 6.94. The average Bonchev–Trinajstić information content (AvgIpc) is 3.16. The molecule has 0 unspecified atom stereocenters. The van der Waals surface area contributed by atoms with E-state index in [9.17, 15) is 14.4 Å². The molecule has 1 saturated carbocycles. The molecule has 0 radical (unpaired) electrons. The predicted molar refractivity (Wildman–Crippen MR) is 88.9 cm³/mol. The third-order valence-electron chi connectivity index (χ3n) is 5.30. The van der Waals surface area contributed by atoms with Crippen molar-refractivity contribution in [3.63, 3.8) is 0 Å². The van der Waals surface area contributed by atoms with Crippen LogP contribution in [0.1, 0.15) is 43.7 Å². The highest BCUT2D eigenvalue weighted by Crippen LogP contribution is 2.35. The Labute approximate surface area is 145 Å². The van der Waals surface area contributed by atoms with Crippen molar-refractivity contribution in [2.45, 2.75) is 43.7 Å². The first kappa shape index (κ1) is 15.9. The average molecular weight is 343 g/mol. The van der Waals surface area contributed by atoms with Crippen LogP contribution in [-0.4, -0.2) is 41.4 Å². The lowest BCUT2D eigenvalue weighted by Crippen LogP contribution is -2.45. The van der Waals surface area contributed by atoms with Crippen LogP contribution in [0, 0.1) is 0 Å².